The average molecular weight is 287 g/mol. The molecule has 0 spiro atoms. The van der Waals surface area contributed by atoms with E-state index in [1.807, 2.05) is 17.2 Å². The van der Waals surface area contributed by atoms with Gasteiger partial charge in [-0.1, -0.05) is 69.7 Å². The van der Waals surface area contributed by atoms with Gasteiger partial charge in [-0.15, -0.1) is 6.58 Å². The largest absolute Gasteiger partial charge is 0.265 e. The Bertz CT molecular complexity index is 413. The lowest BCUT2D eigenvalue weighted by Crippen LogP contribution is -2.25. The second-order valence-corrected chi connectivity index (χ2v) is 5.31. The highest BCUT2D eigenvalue weighted by molar-refractivity contribution is 5.17. The first-order valence-electron chi connectivity index (χ1n) is 8.00. The number of hydrogen-bond acceptors (Lipinski definition) is 2. The molecule has 1 aromatic carbocycles. The Kier molecular flexibility index (Phi) is 8.53. The second-order valence-electron chi connectivity index (χ2n) is 5.31. The monoisotopic (exact) mass is 287 g/mol. The van der Waals surface area contributed by atoms with Crippen LogP contribution >= 0.6 is 0 Å². The van der Waals surface area contributed by atoms with E-state index in [0.29, 0.717) is 6.54 Å². The quantitative estimate of drug-likeness (QED) is 0.385. The lowest BCUT2D eigenvalue weighted by Gasteiger charge is -2.30. The van der Waals surface area contributed by atoms with E-state index in [9.17, 15) is 0 Å². The summed E-state index contributed by atoms with van der Waals surface area (Å²) in [5.41, 5.74) is 2.26. The van der Waals surface area contributed by atoms with Crippen molar-refractivity contribution in [1.82, 2.24) is 5.06 Å². The Hall–Kier alpha value is -1.54. The van der Waals surface area contributed by atoms with Crippen LogP contribution in [0.15, 0.2) is 55.3 Å². The number of benzene rings is 1. The second kappa shape index (κ2) is 10.2. The number of unbranched alkanes of at least 4 members (excludes halogenated alkanes) is 1. The molecule has 116 valence electrons. The zero-order chi connectivity index (χ0) is 15.5. The van der Waals surface area contributed by atoms with Gasteiger partial charge < -0.3 is 0 Å². The first-order chi connectivity index (χ1) is 10.2. The summed E-state index contributed by atoms with van der Waals surface area (Å²) in [6.45, 7) is 13.0. The van der Waals surface area contributed by atoms with Gasteiger partial charge in [0.15, 0.2) is 0 Å². The van der Waals surface area contributed by atoms with E-state index in [4.69, 9.17) is 4.84 Å². The van der Waals surface area contributed by atoms with Gasteiger partial charge in [-0.25, -0.2) is 0 Å². The molecule has 0 aliphatic heterocycles. The molecule has 0 amide bonds. The van der Waals surface area contributed by atoms with Crippen LogP contribution in [-0.4, -0.2) is 11.6 Å². The van der Waals surface area contributed by atoms with Crippen LogP contribution in [0.5, 0.6) is 0 Å². The van der Waals surface area contributed by atoms with Crippen LogP contribution in [0.1, 0.15) is 57.6 Å². The smallest absolute Gasteiger partial charge is 0.111 e. The molecule has 0 saturated carbocycles. The molecule has 1 rings (SSSR count). The van der Waals surface area contributed by atoms with E-state index in [1.54, 1.807) is 0 Å². The number of rotatable bonds is 11. The first-order valence-corrected chi connectivity index (χ1v) is 8.00. The number of nitrogens with zero attached hydrogens (tertiary/aromatic N) is 1. The third-order valence-electron chi connectivity index (χ3n) is 3.44. The summed E-state index contributed by atoms with van der Waals surface area (Å²) in [7, 11) is 0. The summed E-state index contributed by atoms with van der Waals surface area (Å²) >= 11 is 0. The minimum Gasteiger partial charge on any atom is -0.265 e. The normalized spacial score (nSPS) is 11.9. The third-order valence-corrected chi connectivity index (χ3v) is 3.44. The summed E-state index contributed by atoms with van der Waals surface area (Å²) in [6.07, 6.45) is 7.30. The maximum Gasteiger partial charge on any atom is 0.111 e. The molecule has 0 saturated heterocycles. The van der Waals surface area contributed by atoms with Gasteiger partial charge >= 0.3 is 0 Å². The zero-order valence-electron chi connectivity index (χ0n) is 13.6. The van der Waals surface area contributed by atoms with E-state index < -0.39 is 0 Å². The average Bonchev–Trinajstić information content (AvgIpc) is 2.52. The molecule has 2 heteroatoms. The Morgan fingerprint density at radius 3 is 2.52 bits per heavy atom. The van der Waals surface area contributed by atoms with Crippen molar-refractivity contribution in [3.05, 3.63) is 60.8 Å². The van der Waals surface area contributed by atoms with Crippen molar-refractivity contribution in [1.29, 1.82) is 0 Å². The number of allylic oxidation sites excluding steroid dienone is 1. The fraction of sp³-hybridized carbons (Fsp3) is 0.474. The number of hydrogen-bond donors (Lipinski definition) is 0. The van der Waals surface area contributed by atoms with Gasteiger partial charge in [-0.3, -0.25) is 9.90 Å². The summed E-state index contributed by atoms with van der Waals surface area (Å²) in [5, 5.41) is 1.91. The molecule has 21 heavy (non-hydrogen) atoms. The van der Waals surface area contributed by atoms with Gasteiger partial charge in [0.25, 0.3) is 0 Å². The molecule has 0 heterocycles. The van der Waals surface area contributed by atoms with Crippen LogP contribution in [0.2, 0.25) is 0 Å². The van der Waals surface area contributed by atoms with Crippen molar-refractivity contribution < 1.29 is 4.84 Å². The predicted octanol–water partition coefficient (Wildman–Crippen LogP) is 5.65. The molecule has 0 radical (unpaired) electrons. The van der Waals surface area contributed by atoms with E-state index in [0.717, 1.165) is 37.8 Å². The lowest BCUT2D eigenvalue weighted by molar-refractivity contribution is -0.174. The molecule has 1 unspecified atom stereocenters. The highest BCUT2D eigenvalue weighted by Gasteiger charge is 2.16. The maximum atomic E-state index is 6.24. The van der Waals surface area contributed by atoms with Gasteiger partial charge in [0.1, 0.15) is 6.10 Å². The maximum absolute atomic E-state index is 6.24. The van der Waals surface area contributed by atoms with Crippen LogP contribution in [0.3, 0.4) is 0 Å². The topological polar surface area (TPSA) is 12.5 Å². The molecule has 0 fully saturated rings. The predicted molar refractivity (Wildman–Crippen MR) is 90.7 cm³/mol. The molecule has 0 aliphatic rings. The van der Waals surface area contributed by atoms with Gasteiger partial charge in [-0.2, -0.15) is 0 Å². The van der Waals surface area contributed by atoms with Crippen LogP contribution in [0, 0.1) is 0 Å². The highest BCUT2D eigenvalue weighted by Crippen LogP contribution is 2.26. The lowest BCUT2D eigenvalue weighted by atomic mass is 10.1. The van der Waals surface area contributed by atoms with Gasteiger partial charge in [0, 0.05) is 5.70 Å². The van der Waals surface area contributed by atoms with Crippen LogP contribution in [0.4, 0.5) is 0 Å². The van der Waals surface area contributed by atoms with Gasteiger partial charge in [-0.05, 0) is 24.8 Å². The standard InChI is InChI=1S/C19H29NO/c1-5-8-13-17(4)20(16-7-3)21-19(12-6-2)18-14-10-9-11-15-18/h7,9-11,14-15,19H,3-6,8,12-13,16H2,1-2H3. The van der Waals surface area contributed by atoms with Crippen LogP contribution in [0.25, 0.3) is 0 Å². The van der Waals surface area contributed by atoms with Crippen molar-refractivity contribution in [3.63, 3.8) is 0 Å². The number of hydroxylamine groups is 2. The fourth-order valence-electron chi connectivity index (χ4n) is 2.23. The molecule has 2 nitrogen and oxygen atoms in total. The molecular weight excluding hydrogens is 258 g/mol. The van der Waals surface area contributed by atoms with E-state index in [-0.39, 0.29) is 6.10 Å². The molecule has 0 N–H and O–H groups in total. The zero-order valence-corrected chi connectivity index (χ0v) is 13.6. The summed E-state index contributed by atoms with van der Waals surface area (Å²) in [4.78, 5) is 6.24. The minimum absolute atomic E-state index is 0.0783. The van der Waals surface area contributed by atoms with Crippen molar-refractivity contribution >= 4 is 0 Å². The summed E-state index contributed by atoms with van der Waals surface area (Å²) in [6, 6.07) is 10.4. The molecule has 1 atom stereocenters. The van der Waals surface area contributed by atoms with E-state index >= 15 is 0 Å². The SMILES string of the molecule is C=CCN(OC(CCC)c1ccccc1)C(=C)CCCC. The van der Waals surface area contributed by atoms with Crippen molar-refractivity contribution in [2.24, 2.45) is 0 Å². The third kappa shape index (κ3) is 6.17. The summed E-state index contributed by atoms with van der Waals surface area (Å²) in [5.74, 6) is 0. The molecular formula is C19H29NO. The fourth-order valence-corrected chi connectivity index (χ4v) is 2.23. The van der Waals surface area contributed by atoms with E-state index in [1.165, 1.54) is 5.56 Å². The summed E-state index contributed by atoms with van der Waals surface area (Å²) < 4.78 is 0. The molecule has 1 aromatic rings. The first kappa shape index (κ1) is 17.5. The minimum atomic E-state index is 0.0783. The van der Waals surface area contributed by atoms with Crippen molar-refractivity contribution in [3.8, 4) is 0 Å². The Morgan fingerprint density at radius 2 is 1.95 bits per heavy atom. The Balaban J connectivity index is 2.77. The molecule has 0 aromatic heterocycles. The van der Waals surface area contributed by atoms with Gasteiger partial charge in [0.05, 0.1) is 6.54 Å². The van der Waals surface area contributed by atoms with Crippen molar-refractivity contribution in [2.45, 2.75) is 52.1 Å². The van der Waals surface area contributed by atoms with Gasteiger partial charge in [0.2, 0.25) is 0 Å². The van der Waals surface area contributed by atoms with Crippen molar-refractivity contribution in [2.75, 3.05) is 6.54 Å². The van der Waals surface area contributed by atoms with E-state index in [2.05, 4.69) is 51.3 Å². The van der Waals surface area contributed by atoms with Crippen LogP contribution in [-0.2, 0) is 4.84 Å². The molecule has 0 bridgehead atoms. The van der Waals surface area contributed by atoms with Crippen LogP contribution < -0.4 is 0 Å². The Morgan fingerprint density at radius 1 is 1.24 bits per heavy atom. The highest BCUT2D eigenvalue weighted by atomic mass is 16.7. The molecule has 0 aliphatic carbocycles. The Labute approximate surface area is 130 Å².